The fourth-order valence-electron chi connectivity index (χ4n) is 3.37. The minimum absolute atomic E-state index is 0.0156. The Kier molecular flexibility index (Phi) is 9.00. The number of carbonyl (C=O) groups is 3. The molecular weight excluding hydrogens is 460 g/mol. The highest BCUT2D eigenvalue weighted by atomic mass is 32.2. The van der Waals surface area contributed by atoms with Gasteiger partial charge in [-0.15, -0.1) is 0 Å². The van der Waals surface area contributed by atoms with Crippen molar-refractivity contribution in [3.8, 4) is 0 Å². The molecule has 10 nitrogen and oxygen atoms in total. The first-order chi connectivity index (χ1) is 15.9. The average molecular weight is 493 g/mol. The number of benzene rings is 1. The first-order valence-corrected chi connectivity index (χ1v) is 12.4. The molecule has 2 amide bonds. The van der Waals surface area contributed by atoms with Crippen molar-refractivity contribution in [1.29, 1.82) is 0 Å². The number of esters is 1. The lowest BCUT2D eigenvalue weighted by Crippen LogP contribution is -2.40. The maximum atomic E-state index is 12.7. The molecule has 2 rings (SSSR count). The highest BCUT2D eigenvalue weighted by Crippen LogP contribution is 2.20. The molecule has 0 aliphatic carbocycles. The monoisotopic (exact) mass is 492 g/mol. The van der Waals surface area contributed by atoms with E-state index in [2.05, 4.69) is 10.6 Å². The molecular formula is C23H32N4O6S. The molecule has 186 valence electrons. The third kappa shape index (κ3) is 6.23. The third-order valence-electron chi connectivity index (χ3n) is 5.35. The van der Waals surface area contributed by atoms with Crippen LogP contribution in [0, 0.1) is 13.8 Å². The van der Waals surface area contributed by atoms with E-state index in [4.69, 9.17) is 4.74 Å². The molecule has 1 aromatic carbocycles. The zero-order chi connectivity index (χ0) is 25.6. The predicted octanol–water partition coefficient (Wildman–Crippen LogP) is 1.97. The van der Waals surface area contributed by atoms with Crippen LogP contribution in [0.3, 0.4) is 0 Å². The van der Waals surface area contributed by atoms with Crippen LogP contribution in [0.4, 0.5) is 5.69 Å². The lowest BCUT2D eigenvalue weighted by Gasteiger charge is -2.17. The normalized spacial score (nSPS) is 12.3. The molecule has 0 fully saturated rings. The quantitative estimate of drug-likeness (QED) is 0.488. The molecule has 0 aliphatic rings. The van der Waals surface area contributed by atoms with E-state index >= 15 is 0 Å². The van der Waals surface area contributed by atoms with Crippen molar-refractivity contribution < 1.29 is 27.5 Å². The molecule has 0 aliphatic heterocycles. The molecule has 0 saturated heterocycles. The summed E-state index contributed by atoms with van der Waals surface area (Å²) in [6, 6.07) is 6.83. The predicted molar refractivity (Wildman–Crippen MR) is 128 cm³/mol. The van der Waals surface area contributed by atoms with E-state index in [9.17, 15) is 22.8 Å². The number of nitrogens with one attached hydrogen (secondary N) is 2. The molecule has 0 bridgehead atoms. The average Bonchev–Trinajstić information content (AvgIpc) is 3.18. The lowest BCUT2D eigenvalue weighted by atomic mass is 10.1. The van der Waals surface area contributed by atoms with E-state index in [1.54, 1.807) is 13.8 Å². The zero-order valence-corrected chi connectivity index (χ0v) is 21.2. The van der Waals surface area contributed by atoms with Gasteiger partial charge < -0.3 is 19.9 Å². The smallest absolute Gasteiger partial charge is 0.355 e. The molecule has 0 spiro atoms. The third-order valence-corrected chi connectivity index (χ3v) is 7.37. The van der Waals surface area contributed by atoms with Crippen LogP contribution < -0.4 is 10.6 Å². The summed E-state index contributed by atoms with van der Waals surface area (Å²) >= 11 is 0. The van der Waals surface area contributed by atoms with Crippen molar-refractivity contribution >= 4 is 33.5 Å². The number of sulfonamides is 1. The van der Waals surface area contributed by atoms with E-state index in [1.807, 2.05) is 32.0 Å². The number of para-hydroxylation sites is 1. The Morgan fingerprint density at radius 3 is 2.26 bits per heavy atom. The van der Waals surface area contributed by atoms with Crippen LogP contribution in [0.25, 0.3) is 0 Å². The highest BCUT2D eigenvalue weighted by molar-refractivity contribution is 7.89. The minimum Gasteiger partial charge on any atom is -0.448 e. The number of hydrogen-bond donors (Lipinski definition) is 2. The largest absolute Gasteiger partial charge is 0.448 e. The lowest BCUT2D eigenvalue weighted by molar-refractivity contribution is -0.130. The topological polar surface area (TPSA) is 127 Å². The number of aryl methyl sites for hydroxylation is 3. The van der Waals surface area contributed by atoms with Crippen LogP contribution in [-0.2, 0) is 31.4 Å². The number of hydrogen-bond acceptors (Lipinski definition) is 6. The second-order valence-corrected chi connectivity index (χ2v) is 9.78. The summed E-state index contributed by atoms with van der Waals surface area (Å²) in [4.78, 5) is 37.1. The molecule has 11 heteroatoms. The standard InChI is InChI=1S/C23H32N4O6S/c1-7-27(8-2)34(31,32)18-12-19(26(6)14-18)23(30)33-17(5)22(29)24-13-20(28)25-21-15(3)10-9-11-16(21)4/h9-12,14,17H,7-8,13H2,1-6H3,(H,24,29)(H,25,28). The Balaban J connectivity index is 1.98. The zero-order valence-electron chi connectivity index (χ0n) is 20.3. The van der Waals surface area contributed by atoms with Crippen LogP contribution in [0.1, 0.15) is 42.4 Å². The SMILES string of the molecule is CCN(CC)S(=O)(=O)c1cc(C(=O)OC(C)C(=O)NCC(=O)Nc2c(C)cccc2C)n(C)c1. The van der Waals surface area contributed by atoms with Gasteiger partial charge in [-0.2, -0.15) is 4.31 Å². The maximum absolute atomic E-state index is 12.7. The summed E-state index contributed by atoms with van der Waals surface area (Å²) in [5.41, 5.74) is 2.46. The van der Waals surface area contributed by atoms with Gasteiger partial charge in [0.15, 0.2) is 6.10 Å². The Bertz CT molecular complexity index is 1150. The molecule has 0 saturated carbocycles. The molecule has 1 unspecified atom stereocenters. The maximum Gasteiger partial charge on any atom is 0.355 e. The van der Waals surface area contributed by atoms with Crippen LogP contribution >= 0.6 is 0 Å². The van der Waals surface area contributed by atoms with Crippen molar-refractivity contribution in [3.05, 3.63) is 47.3 Å². The van der Waals surface area contributed by atoms with Gasteiger partial charge in [0.25, 0.3) is 5.91 Å². The van der Waals surface area contributed by atoms with Gasteiger partial charge in [-0.3, -0.25) is 9.59 Å². The van der Waals surface area contributed by atoms with E-state index in [0.717, 1.165) is 11.1 Å². The summed E-state index contributed by atoms with van der Waals surface area (Å²) in [7, 11) is -2.24. The Morgan fingerprint density at radius 1 is 1.12 bits per heavy atom. The van der Waals surface area contributed by atoms with Crippen LogP contribution in [0.5, 0.6) is 0 Å². The van der Waals surface area contributed by atoms with Gasteiger partial charge in [0.05, 0.1) is 6.54 Å². The molecule has 0 radical (unpaired) electrons. The van der Waals surface area contributed by atoms with Crippen LogP contribution in [-0.4, -0.2) is 60.8 Å². The van der Waals surface area contributed by atoms with Crippen molar-refractivity contribution in [2.75, 3.05) is 25.0 Å². The van der Waals surface area contributed by atoms with Crippen molar-refractivity contribution in [1.82, 2.24) is 14.2 Å². The number of amides is 2. The first-order valence-electron chi connectivity index (χ1n) is 10.9. The van der Waals surface area contributed by atoms with E-state index in [-0.39, 0.29) is 17.1 Å². The van der Waals surface area contributed by atoms with Gasteiger partial charge in [-0.25, -0.2) is 13.2 Å². The molecule has 1 atom stereocenters. The second-order valence-electron chi connectivity index (χ2n) is 7.84. The summed E-state index contributed by atoms with van der Waals surface area (Å²) in [5.74, 6) is -1.93. The summed E-state index contributed by atoms with van der Waals surface area (Å²) in [6.07, 6.45) is 0.130. The van der Waals surface area contributed by atoms with Crippen molar-refractivity contribution in [2.24, 2.45) is 7.05 Å². The number of carbonyl (C=O) groups excluding carboxylic acids is 3. The Morgan fingerprint density at radius 2 is 1.71 bits per heavy atom. The fraction of sp³-hybridized carbons (Fsp3) is 0.435. The number of ether oxygens (including phenoxy) is 1. The summed E-state index contributed by atoms with van der Waals surface area (Å²) < 4.78 is 33.2. The fourth-order valence-corrected chi connectivity index (χ4v) is 4.90. The number of anilines is 1. The van der Waals surface area contributed by atoms with E-state index in [1.165, 1.54) is 35.1 Å². The van der Waals surface area contributed by atoms with Gasteiger partial charge in [-0.05, 0) is 38.0 Å². The molecule has 2 N–H and O–H groups in total. The molecule has 34 heavy (non-hydrogen) atoms. The number of aromatic nitrogens is 1. The molecule has 2 aromatic rings. The number of rotatable bonds is 10. The number of nitrogens with zero attached hydrogens (tertiary/aromatic N) is 2. The second kappa shape index (κ2) is 11.3. The van der Waals surface area contributed by atoms with Gasteiger partial charge >= 0.3 is 5.97 Å². The molecule has 1 heterocycles. The van der Waals surface area contributed by atoms with E-state index < -0.39 is 33.9 Å². The van der Waals surface area contributed by atoms with Gasteiger partial charge in [0.1, 0.15) is 10.6 Å². The minimum atomic E-state index is -3.75. The van der Waals surface area contributed by atoms with Crippen molar-refractivity contribution in [3.63, 3.8) is 0 Å². The van der Waals surface area contributed by atoms with Crippen LogP contribution in [0.15, 0.2) is 35.4 Å². The van der Waals surface area contributed by atoms with Gasteiger partial charge in [0, 0.05) is 32.0 Å². The first kappa shape index (κ1) is 27.1. The Hall–Kier alpha value is -3.18. The highest BCUT2D eigenvalue weighted by Gasteiger charge is 2.27. The molecule has 1 aromatic heterocycles. The summed E-state index contributed by atoms with van der Waals surface area (Å²) in [5, 5.41) is 5.19. The van der Waals surface area contributed by atoms with Gasteiger partial charge in [-0.1, -0.05) is 32.0 Å². The van der Waals surface area contributed by atoms with Crippen LogP contribution in [0.2, 0.25) is 0 Å². The van der Waals surface area contributed by atoms with E-state index in [0.29, 0.717) is 18.8 Å². The Labute approximate surface area is 200 Å². The van der Waals surface area contributed by atoms with Gasteiger partial charge in [0.2, 0.25) is 15.9 Å². The van der Waals surface area contributed by atoms with Crippen molar-refractivity contribution in [2.45, 2.75) is 45.6 Å². The summed E-state index contributed by atoms with van der Waals surface area (Å²) in [6.45, 7) is 8.83.